The minimum Gasteiger partial charge on any atom is -0.348 e. The van der Waals surface area contributed by atoms with Crippen molar-refractivity contribution in [3.8, 4) is 0 Å². The molecular formula is C18H23ClN2OS2. The van der Waals surface area contributed by atoms with Crippen molar-refractivity contribution >= 4 is 41.4 Å². The van der Waals surface area contributed by atoms with E-state index < -0.39 is 0 Å². The van der Waals surface area contributed by atoms with Crippen molar-refractivity contribution in [2.45, 2.75) is 42.5 Å². The zero-order valence-electron chi connectivity index (χ0n) is 13.7. The molecule has 0 spiro atoms. The first-order valence-electron chi connectivity index (χ1n) is 8.02. The van der Waals surface area contributed by atoms with Gasteiger partial charge in [0.15, 0.2) is 0 Å². The Morgan fingerprint density at radius 2 is 2.17 bits per heavy atom. The van der Waals surface area contributed by atoms with E-state index >= 15 is 0 Å². The van der Waals surface area contributed by atoms with E-state index in [2.05, 4.69) is 35.1 Å². The van der Waals surface area contributed by atoms with Crippen LogP contribution in [-0.4, -0.2) is 24.5 Å². The number of piperidine rings is 1. The van der Waals surface area contributed by atoms with Crippen molar-refractivity contribution in [3.63, 3.8) is 0 Å². The van der Waals surface area contributed by atoms with Gasteiger partial charge < -0.3 is 10.6 Å². The van der Waals surface area contributed by atoms with Gasteiger partial charge >= 0.3 is 0 Å². The van der Waals surface area contributed by atoms with E-state index in [-0.39, 0.29) is 24.4 Å². The molecule has 0 aliphatic carbocycles. The van der Waals surface area contributed by atoms with Crippen LogP contribution in [-0.2, 0) is 5.75 Å². The van der Waals surface area contributed by atoms with Gasteiger partial charge in [-0.3, -0.25) is 4.79 Å². The van der Waals surface area contributed by atoms with Gasteiger partial charge in [-0.05, 0) is 49.9 Å². The minimum absolute atomic E-state index is 0. The Balaban J connectivity index is 0.00000208. The standard InChI is InChI=1S/C18H22N2OS2.ClH/c1-13-16(8-4-10-19-13)20-18(21)15-7-2-3-9-17(15)23-12-14-6-5-11-22-14;/h2-3,5-7,9,11,13,16,19H,4,8,10,12H2,1H3,(H,20,21);1H. The van der Waals surface area contributed by atoms with E-state index in [0.717, 1.165) is 35.6 Å². The molecule has 6 heteroatoms. The van der Waals surface area contributed by atoms with Crippen LogP contribution in [0.3, 0.4) is 0 Å². The van der Waals surface area contributed by atoms with Crippen molar-refractivity contribution in [1.29, 1.82) is 0 Å². The highest BCUT2D eigenvalue weighted by Crippen LogP contribution is 2.28. The molecule has 2 N–H and O–H groups in total. The zero-order chi connectivity index (χ0) is 16.1. The van der Waals surface area contributed by atoms with Crippen LogP contribution in [0.15, 0.2) is 46.7 Å². The zero-order valence-corrected chi connectivity index (χ0v) is 16.1. The SMILES string of the molecule is CC1NCCCC1NC(=O)c1ccccc1SCc1cccs1.Cl. The van der Waals surface area contributed by atoms with Gasteiger partial charge in [-0.25, -0.2) is 0 Å². The van der Waals surface area contributed by atoms with E-state index in [0.29, 0.717) is 6.04 Å². The topological polar surface area (TPSA) is 41.1 Å². The molecule has 130 valence electrons. The molecule has 3 nitrogen and oxygen atoms in total. The number of hydrogen-bond donors (Lipinski definition) is 2. The number of thiophene rings is 1. The van der Waals surface area contributed by atoms with E-state index in [1.165, 1.54) is 4.88 Å². The molecule has 1 amide bonds. The van der Waals surface area contributed by atoms with Crippen molar-refractivity contribution in [1.82, 2.24) is 10.6 Å². The third kappa shape index (κ3) is 4.99. The predicted molar refractivity (Wildman–Crippen MR) is 106 cm³/mol. The molecule has 3 rings (SSSR count). The van der Waals surface area contributed by atoms with Crippen molar-refractivity contribution in [2.24, 2.45) is 0 Å². The smallest absolute Gasteiger partial charge is 0.252 e. The average Bonchev–Trinajstić information content (AvgIpc) is 3.09. The van der Waals surface area contributed by atoms with Crippen LogP contribution >= 0.6 is 35.5 Å². The van der Waals surface area contributed by atoms with Crippen molar-refractivity contribution in [3.05, 3.63) is 52.2 Å². The molecule has 24 heavy (non-hydrogen) atoms. The number of amides is 1. The van der Waals surface area contributed by atoms with Crippen molar-refractivity contribution < 1.29 is 4.79 Å². The summed E-state index contributed by atoms with van der Waals surface area (Å²) < 4.78 is 0. The second kappa shape index (κ2) is 9.47. The van der Waals surface area contributed by atoms with E-state index in [9.17, 15) is 4.79 Å². The summed E-state index contributed by atoms with van der Waals surface area (Å²) in [4.78, 5) is 15.1. The molecule has 1 aromatic heterocycles. The molecular weight excluding hydrogens is 360 g/mol. The molecule has 2 atom stereocenters. The van der Waals surface area contributed by atoms with Gasteiger partial charge in [-0.1, -0.05) is 18.2 Å². The van der Waals surface area contributed by atoms with Crippen LogP contribution in [0.4, 0.5) is 0 Å². The molecule has 0 saturated carbocycles. The summed E-state index contributed by atoms with van der Waals surface area (Å²) >= 11 is 3.49. The number of carbonyl (C=O) groups excluding carboxylic acids is 1. The van der Waals surface area contributed by atoms with Gasteiger partial charge in [0.1, 0.15) is 0 Å². The molecule has 0 radical (unpaired) electrons. The second-order valence-corrected chi connectivity index (χ2v) is 7.88. The number of hydrogen-bond acceptors (Lipinski definition) is 4. The van der Waals surface area contributed by atoms with Crippen LogP contribution in [0.1, 0.15) is 35.0 Å². The Morgan fingerprint density at radius 3 is 2.92 bits per heavy atom. The number of thioether (sulfide) groups is 1. The molecule has 2 unspecified atom stereocenters. The van der Waals surface area contributed by atoms with E-state index in [1.807, 2.05) is 24.3 Å². The van der Waals surface area contributed by atoms with Gasteiger partial charge in [0.25, 0.3) is 5.91 Å². The fourth-order valence-corrected chi connectivity index (χ4v) is 4.63. The molecule has 1 aliphatic rings. The van der Waals surface area contributed by atoms with Gasteiger partial charge in [0.05, 0.1) is 5.56 Å². The number of nitrogens with one attached hydrogen (secondary N) is 2. The first kappa shape index (κ1) is 19.3. The monoisotopic (exact) mass is 382 g/mol. The maximum atomic E-state index is 12.7. The molecule has 1 aliphatic heterocycles. The fourth-order valence-electron chi connectivity index (χ4n) is 2.81. The maximum absolute atomic E-state index is 12.7. The number of halogens is 1. The van der Waals surface area contributed by atoms with Gasteiger partial charge in [0.2, 0.25) is 0 Å². The lowest BCUT2D eigenvalue weighted by Crippen LogP contribution is -2.51. The lowest BCUT2D eigenvalue weighted by Gasteiger charge is -2.30. The minimum atomic E-state index is 0. The normalized spacial score (nSPS) is 20.2. The first-order chi connectivity index (χ1) is 11.2. The lowest BCUT2D eigenvalue weighted by molar-refractivity contribution is 0.0917. The van der Waals surface area contributed by atoms with E-state index in [1.54, 1.807) is 23.1 Å². The predicted octanol–water partition coefficient (Wildman–Crippen LogP) is 4.33. The molecule has 1 saturated heterocycles. The third-order valence-corrected chi connectivity index (χ3v) is 6.34. The van der Waals surface area contributed by atoms with Gasteiger partial charge in [-0.2, -0.15) is 0 Å². The maximum Gasteiger partial charge on any atom is 0.252 e. The van der Waals surface area contributed by atoms with Crippen LogP contribution in [0.25, 0.3) is 0 Å². The number of rotatable bonds is 5. The highest BCUT2D eigenvalue weighted by molar-refractivity contribution is 7.98. The average molecular weight is 383 g/mol. The Kier molecular flexibility index (Phi) is 7.62. The summed E-state index contributed by atoms with van der Waals surface area (Å²) in [6.07, 6.45) is 2.16. The second-order valence-electron chi connectivity index (χ2n) is 5.83. The number of benzene rings is 1. The first-order valence-corrected chi connectivity index (χ1v) is 9.89. The molecule has 0 bridgehead atoms. The van der Waals surface area contributed by atoms with Gasteiger partial charge in [-0.15, -0.1) is 35.5 Å². The number of carbonyl (C=O) groups is 1. The van der Waals surface area contributed by atoms with Crippen molar-refractivity contribution in [2.75, 3.05) is 6.54 Å². The quantitative estimate of drug-likeness (QED) is 0.756. The Labute approximate surface area is 158 Å². The van der Waals surface area contributed by atoms with Gasteiger partial charge in [0, 0.05) is 27.6 Å². The Morgan fingerprint density at radius 1 is 1.33 bits per heavy atom. The van der Waals surface area contributed by atoms with Crippen LogP contribution < -0.4 is 10.6 Å². The van der Waals surface area contributed by atoms with Crippen LogP contribution in [0, 0.1) is 0 Å². The van der Waals surface area contributed by atoms with Crippen LogP contribution in [0.5, 0.6) is 0 Å². The third-order valence-electron chi connectivity index (χ3n) is 4.16. The molecule has 2 aromatic rings. The largest absolute Gasteiger partial charge is 0.348 e. The summed E-state index contributed by atoms with van der Waals surface area (Å²) in [5.74, 6) is 0.948. The fraction of sp³-hybridized carbons (Fsp3) is 0.389. The summed E-state index contributed by atoms with van der Waals surface area (Å²) in [6, 6.07) is 12.6. The highest BCUT2D eigenvalue weighted by Gasteiger charge is 2.23. The summed E-state index contributed by atoms with van der Waals surface area (Å²) in [5.41, 5.74) is 0.784. The Bertz CT molecular complexity index is 648. The van der Waals surface area contributed by atoms with Crippen LogP contribution in [0.2, 0.25) is 0 Å². The lowest BCUT2D eigenvalue weighted by atomic mass is 9.99. The molecule has 1 aromatic carbocycles. The molecule has 1 fully saturated rings. The summed E-state index contributed by atoms with van der Waals surface area (Å²) in [6.45, 7) is 3.18. The summed E-state index contributed by atoms with van der Waals surface area (Å²) in [7, 11) is 0. The molecule has 2 heterocycles. The van der Waals surface area contributed by atoms with E-state index in [4.69, 9.17) is 0 Å². The highest BCUT2D eigenvalue weighted by atomic mass is 35.5. The Hall–Kier alpha value is -1.01. The summed E-state index contributed by atoms with van der Waals surface area (Å²) in [5, 5.41) is 8.72.